The molecule has 32 heavy (non-hydrogen) atoms. The summed E-state index contributed by atoms with van der Waals surface area (Å²) in [6.45, 7) is 5.47. The van der Waals surface area contributed by atoms with E-state index in [2.05, 4.69) is 37.4 Å². The average Bonchev–Trinajstić information content (AvgIpc) is 3.17. The molecule has 1 fully saturated rings. The van der Waals surface area contributed by atoms with Gasteiger partial charge < -0.3 is 10.2 Å². The van der Waals surface area contributed by atoms with Gasteiger partial charge in [0.25, 0.3) is 0 Å². The predicted molar refractivity (Wildman–Crippen MR) is 126 cm³/mol. The molecule has 5 rings (SSSR count). The summed E-state index contributed by atoms with van der Waals surface area (Å²) in [6.07, 6.45) is 3.37. The molecule has 3 heterocycles. The first-order valence-electron chi connectivity index (χ1n) is 11.0. The zero-order chi connectivity index (χ0) is 22.1. The summed E-state index contributed by atoms with van der Waals surface area (Å²) in [5, 5.41) is 9.86. The smallest absolute Gasteiger partial charge is 0.229 e. The number of aromatic nitrogens is 4. The normalized spacial score (nSPS) is 16.3. The molecular weight excluding hydrogens is 400 g/mol. The molecule has 1 unspecified atom stereocenters. The number of amides is 1. The third kappa shape index (κ3) is 3.93. The van der Waals surface area contributed by atoms with Gasteiger partial charge in [0.2, 0.25) is 5.91 Å². The van der Waals surface area contributed by atoms with E-state index in [1.807, 2.05) is 61.0 Å². The van der Waals surface area contributed by atoms with Crippen LogP contribution >= 0.6 is 0 Å². The molecule has 1 N–H and O–H groups in total. The summed E-state index contributed by atoms with van der Waals surface area (Å²) in [5.41, 5.74) is 2.84. The first kappa shape index (κ1) is 20.2. The van der Waals surface area contributed by atoms with E-state index in [0.29, 0.717) is 6.54 Å². The van der Waals surface area contributed by atoms with Gasteiger partial charge in [-0.05, 0) is 44.2 Å². The quantitative estimate of drug-likeness (QED) is 0.527. The second-order valence-electron chi connectivity index (χ2n) is 8.37. The monoisotopic (exact) mass is 426 g/mol. The zero-order valence-corrected chi connectivity index (χ0v) is 18.3. The third-order valence-corrected chi connectivity index (χ3v) is 6.03. The summed E-state index contributed by atoms with van der Waals surface area (Å²) in [4.78, 5) is 24.2. The first-order valence-corrected chi connectivity index (χ1v) is 11.0. The number of benzene rings is 2. The van der Waals surface area contributed by atoms with E-state index >= 15 is 0 Å². The van der Waals surface area contributed by atoms with Crippen molar-refractivity contribution in [1.29, 1.82) is 0 Å². The van der Waals surface area contributed by atoms with Crippen LogP contribution in [0.1, 0.15) is 24.2 Å². The van der Waals surface area contributed by atoms with Crippen molar-refractivity contribution in [1.82, 2.24) is 19.7 Å². The number of aryl methyl sites for hydroxylation is 2. The molecule has 162 valence electrons. The number of anilines is 2. The fourth-order valence-corrected chi connectivity index (χ4v) is 4.46. The Morgan fingerprint density at radius 1 is 1.03 bits per heavy atom. The van der Waals surface area contributed by atoms with Gasteiger partial charge in [0.15, 0.2) is 5.82 Å². The van der Waals surface area contributed by atoms with E-state index in [0.717, 1.165) is 58.9 Å². The Labute approximate surface area is 187 Å². The molecular formula is C25H26N6O. The van der Waals surface area contributed by atoms with Gasteiger partial charge in [-0.2, -0.15) is 5.10 Å². The molecule has 1 atom stereocenters. The first-order chi connectivity index (χ1) is 15.6. The molecule has 2 aromatic heterocycles. The van der Waals surface area contributed by atoms with Crippen LogP contribution in [-0.4, -0.2) is 38.7 Å². The van der Waals surface area contributed by atoms with Crippen molar-refractivity contribution in [2.45, 2.75) is 26.7 Å². The minimum atomic E-state index is -0.102. The maximum absolute atomic E-state index is 13.1. The van der Waals surface area contributed by atoms with Crippen LogP contribution < -0.4 is 10.2 Å². The van der Waals surface area contributed by atoms with E-state index in [4.69, 9.17) is 0 Å². The Bertz CT molecular complexity index is 1280. The van der Waals surface area contributed by atoms with Gasteiger partial charge in [0, 0.05) is 35.9 Å². The summed E-state index contributed by atoms with van der Waals surface area (Å²) < 4.78 is 1.83. The highest BCUT2D eigenvalue weighted by Crippen LogP contribution is 2.27. The highest BCUT2D eigenvalue weighted by molar-refractivity contribution is 6.03. The maximum Gasteiger partial charge on any atom is 0.229 e. The highest BCUT2D eigenvalue weighted by atomic mass is 16.1. The van der Waals surface area contributed by atoms with Crippen molar-refractivity contribution < 1.29 is 4.79 Å². The van der Waals surface area contributed by atoms with Gasteiger partial charge in [0.1, 0.15) is 12.1 Å². The number of piperidine rings is 1. The van der Waals surface area contributed by atoms with Crippen LogP contribution in [0.5, 0.6) is 0 Å². The Balaban J connectivity index is 1.34. The second kappa shape index (κ2) is 8.42. The Hall–Kier alpha value is -3.74. The highest BCUT2D eigenvalue weighted by Gasteiger charge is 2.27. The van der Waals surface area contributed by atoms with Gasteiger partial charge in [-0.3, -0.25) is 4.79 Å². The molecule has 7 nitrogen and oxygen atoms in total. The number of carbonyl (C=O) groups excluding carboxylic acids is 1. The average molecular weight is 427 g/mol. The minimum Gasteiger partial charge on any atom is -0.356 e. The molecule has 0 saturated carbocycles. The molecule has 0 spiro atoms. The lowest BCUT2D eigenvalue weighted by atomic mass is 9.96. The number of hydrogen-bond donors (Lipinski definition) is 1. The molecule has 1 aliphatic heterocycles. The number of hydrogen-bond acceptors (Lipinski definition) is 5. The van der Waals surface area contributed by atoms with E-state index in [1.165, 1.54) is 0 Å². The van der Waals surface area contributed by atoms with Gasteiger partial charge in [0.05, 0.1) is 11.6 Å². The van der Waals surface area contributed by atoms with Gasteiger partial charge in [-0.25, -0.2) is 14.6 Å². The molecule has 1 saturated heterocycles. The Morgan fingerprint density at radius 3 is 2.69 bits per heavy atom. The summed E-state index contributed by atoms with van der Waals surface area (Å²) in [5.74, 6) is 1.52. The molecule has 0 bridgehead atoms. The van der Waals surface area contributed by atoms with Crippen molar-refractivity contribution >= 4 is 28.2 Å². The van der Waals surface area contributed by atoms with E-state index < -0.39 is 0 Å². The van der Waals surface area contributed by atoms with Crippen molar-refractivity contribution in [3.63, 3.8) is 0 Å². The summed E-state index contributed by atoms with van der Waals surface area (Å²) in [6, 6.07) is 18.1. The number of nitrogens with zero attached hydrogens (tertiary/aromatic N) is 5. The minimum absolute atomic E-state index is 0.0545. The lowest BCUT2D eigenvalue weighted by Crippen LogP contribution is -2.41. The van der Waals surface area contributed by atoms with Crippen molar-refractivity contribution in [2.75, 3.05) is 23.3 Å². The fraction of sp³-hybridized carbons (Fsp3) is 0.280. The summed E-state index contributed by atoms with van der Waals surface area (Å²) in [7, 11) is 0. The standard InChI is InChI=1S/C25H26N6O/c1-17-13-18(2)31(29-17)24-14-23(26-16-27-24)30-12-6-9-20(15-30)25(32)28-22-11-5-8-19-7-3-4-10-21(19)22/h3-5,7-8,10-11,13-14,16,20H,6,9,12,15H2,1-2H3,(H,28,32). The van der Waals surface area contributed by atoms with Crippen LogP contribution in [0, 0.1) is 19.8 Å². The fourth-order valence-electron chi connectivity index (χ4n) is 4.46. The van der Waals surface area contributed by atoms with Crippen molar-refractivity contribution in [3.8, 4) is 5.82 Å². The second-order valence-corrected chi connectivity index (χ2v) is 8.37. The zero-order valence-electron chi connectivity index (χ0n) is 18.3. The van der Waals surface area contributed by atoms with E-state index in [1.54, 1.807) is 6.33 Å². The lowest BCUT2D eigenvalue weighted by Gasteiger charge is -2.33. The van der Waals surface area contributed by atoms with Crippen LogP contribution in [0.25, 0.3) is 16.6 Å². The van der Waals surface area contributed by atoms with Gasteiger partial charge in [-0.15, -0.1) is 0 Å². The Morgan fingerprint density at radius 2 is 1.84 bits per heavy atom. The molecule has 7 heteroatoms. The molecule has 0 radical (unpaired) electrons. The third-order valence-electron chi connectivity index (χ3n) is 6.03. The topological polar surface area (TPSA) is 75.9 Å². The molecule has 2 aromatic carbocycles. The van der Waals surface area contributed by atoms with E-state index in [9.17, 15) is 4.79 Å². The number of carbonyl (C=O) groups is 1. The van der Waals surface area contributed by atoms with Crippen LogP contribution in [0.3, 0.4) is 0 Å². The predicted octanol–water partition coefficient (Wildman–Crippen LogP) is 4.29. The van der Waals surface area contributed by atoms with Gasteiger partial charge in [-0.1, -0.05) is 36.4 Å². The SMILES string of the molecule is Cc1cc(C)n(-c2cc(N3CCCC(C(=O)Nc4cccc5ccccc45)C3)ncn2)n1. The van der Waals surface area contributed by atoms with Crippen LogP contribution in [0.2, 0.25) is 0 Å². The maximum atomic E-state index is 13.1. The molecule has 0 aliphatic carbocycles. The van der Waals surface area contributed by atoms with Crippen molar-refractivity contribution in [2.24, 2.45) is 5.92 Å². The molecule has 1 amide bonds. The number of rotatable bonds is 4. The van der Waals surface area contributed by atoms with E-state index in [-0.39, 0.29) is 11.8 Å². The Kier molecular flexibility index (Phi) is 5.31. The van der Waals surface area contributed by atoms with Crippen LogP contribution in [0.15, 0.2) is 60.9 Å². The largest absolute Gasteiger partial charge is 0.356 e. The van der Waals surface area contributed by atoms with Crippen molar-refractivity contribution in [3.05, 3.63) is 72.3 Å². The number of fused-ring (bicyclic) bond motifs is 1. The number of nitrogens with one attached hydrogen (secondary N) is 1. The molecule has 4 aromatic rings. The molecule has 1 aliphatic rings. The lowest BCUT2D eigenvalue weighted by molar-refractivity contribution is -0.120. The van der Waals surface area contributed by atoms with Crippen LogP contribution in [-0.2, 0) is 4.79 Å². The van der Waals surface area contributed by atoms with Crippen LogP contribution in [0.4, 0.5) is 11.5 Å². The summed E-state index contributed by atoms with van der Waals surface area (Å²) >= 11 is 0. The van der Waals surface area contributed by atoms with Gasteiger partial charge >= 0.3 is 0 Å².